The minimum absolute atomic E-state index is 0.328. The predicted molar refractivity (Wildman–Crippen MR) is 80.7 cm³/mol. The van der Waals surface area contributed by atoms with Crippen molar-refractivity contribution >= 4 is 29.2 Å². The average molecular weight is 283 g/mol. The second-order valence-corrected chi connectivity index (χ2v) is 5.38. The number of carbonyl (C=O) groups excluding carboxylic acids is 1. The number of anilines is 2. The van der Waals surface area contributed by atoms with E-state index < -0.39 is 5.97 Å². The number of aromatic nitrogens is 1. The van der Waals surface area contributed by atoms with Crippen molar-refractivity contribution in [2.24, 2.45) is 0 Å². The number of hydrogen-bond donors (Lipinski definition) is 2. The monoisotopic (exact) mass is 283 g/mol. The van der Waals surface area contributed by atoms with Gasteiger partial charge in [-0.3, -0.25) is 0 Å². The summed E-state index contributed by atoms with van der Waals surface area (Å²) in [4.78, 5) is 15.8. The molecule has 6 heteroatoms. The third-order valence-electron chi connectivity index (χ3n) is 2.73. The molecule has 0 radical (unpaired) electrons. The summed E-state index contributed by atoms with van der Waals surface area (Å²) in [5.74, 6) is 0.127. The standard InChI is InChI=1S/C13H21N3O2S/c1-4-18-13(17)10-6-8-16-12(11(10)14)15-7-5-9(2)19-3/h6,8-9H,4-5,7,14H2,1-3H3,(H,15,16). The van der Waals surface area contributed by atoms with Crippen molar-refractivity contribution in [1.29, 1.82) is 0 Å². The van der Waals surface area contributed by atoms with Gasteiger partial charge in [0.2, 0.25) is 0 Å². The van der Waals surface area contributed by atoms with Gasteiger partial charge >= 0.3 is 5.97 Å². The van der Waals surface area contributed by atoms with Crippen molar-refractivity contribution < 1.29 is 9.53 Å². The number of rotatable bonds is 7. The van der Waals surface area contributed by atoms with E-state index in [1.165, 1.54) is 0 Å². The molecule has 0 spiro atoms. The molecule has 0 aliphatic rings. The Morgan fingerprint density at radius 3 is 3.00 bits per heavy atom. The third kappa shape index (κ3) is 4.63. The zero-order chi connectivity index (χ0) is 14.3. The van der Waals surface area contributed by atoms with E-state index in [1.807, 2.05) is 11.8 Å². The number of hydrogen-bond acceptors (Lipinski definition) is 6. The Morgan fingerprint density at radius 1 is 1.63 bits per heavy atom. The van der Waals surface area contributed by atoms with Crippen LogP contribution in [-0.4, -0.2) is 35.6 Å². The molecule has 0 aliphatic carbocycles. The largest absolute Gasteiger partial charge is 0.462 e. The van der Waals surface area contributed by atoms with Crippen molar-refractivity contribution in [3.05, 3.63) is 17.8 Å². The molecule has 3 N–H and O–H groups in total. The Bertz CT molecular complexity index is 426. The minimum atomic E-state index is -0.414. The highest BCUT2D eigenvalue weighted by atomic mass is 32.2. The molecule has 0 aliphatic heterocycles. The van der Waals surface area contributed by atoms with Crippen LogP contribution >= 0.6 is 11.8 Å². The highest BCUT2D eigenvalue weighted by molar-refractivity contribution is 7.99. The van der Waals surface area contributed by atoms with Crippen LogP contribution in [-0.2, 0) is 4.74 Å². The van der Waals surface area contributed by atoms with Crippen LogP contribution in [0, 0.1) is 0 Å². The van der Waals surface area contributed by atoms with E-state index in [-0.39, 0.29) is 0 Å². The summed E-state index contributed by atoms with van der Waals surface area (Å²) in [6, 6.07) is 1.57. The van der Waals surface area contributed by atoms with Crippen LogP contribution < -0.4 is 11.1 Å². The van der Waals surface area contributed by atoms with E-state index in [2.05, 4.69) is 23.5 Å². The van der Waals surface area contributed by atoms with Gasteiger partial charge < -0.3 is 15.8 Å². The molecule has 1 heterocycles. The van der Waals surface area contributed by atoms with Crippen LogP contribution in [0.15, 0.2) is 12.3 Å². The Morgan fingerprint density at radius 2 is 2.37 bits per heavy atom. The molecule has 0 aromatic carbocycles. The van der Waals surface area contributed by atoms with E-state index >= 15 is 0 Å². The molecule has 0 bridgehead atoms. The quantitative estimate of drug-likeness (QED) is 0.748. The van der Waals surface area contributed by atoms with Crippen LogP contribution in [0.5, 0.6) is 0 Å². The summed E-state index contributed by atoms with van der Waals surface area (Å²) < 4.78 is 4.95. The predicted octanol–water partition coefficient (Wildman–Crippen LogP) is 2.39. The summed E-state index contributed by atoms with van der Waals surface area (Å²) in [5, 5.41) is 3.73. The molecule has 106 valence electrons. The Labute approximate surface area is 118 Å². The third-order valence-corrected chi connectivity index (χ3v) is 3.77. The number of nitrogen functional groups attached to an aromatic ring is 1. The molecule has 0 amide bonds. The lowest BCUT2D eigenvalue weighted by atomic mass is 10.2. The van der Waals surface area contributed by atoms with Crippen LogP contribution in [0.3, 0.4) is 0 Å². The van der Waals surface area contributed by atoms with Gasteiger partial charge in [0, 0.05) is 18.0 Å². The van der Waals surface area contributed by atoms with Gasteiger partial charge in [-0.25, -0.2) is 9.78 Å². The Balaban J connectivity index is 2.69. The molecule has 0 fully saturated rings. The minimum Gasteiger partial charge on any atom is -0.462 e. The van der Waals surface area contributed by atoms with Gasteiger partial charge in [-0.15, -0.1) is 0 Å². The molecule has 1 unspecified atom stereocenters. The smallest absolute Gasteiger partial charge is 0.340 e. The number of thioether (sulfide) groups is 1. The van der Waals surface area contributed by atoms with E-state index in [0.717, 1.165) is 13.0 Å². The molecular weight excluding hydrogens is 262 g/mol. The highest BCUT2D eigenvalue weighted by Crippen LogP contribution is 2.21. The zero-order valence-corrected chi connectivity index (χ0v) is 12.4. The average Bonchev–Trinajstić information content (AvgIpc) is 2.40. The Kier molecular flexibility index (Phi) is 6.49. The summed E-state index contributed by atoms with van der Waals surface area (Å²) in [5.41, 5.74) is 6.64. The SMILES string of the molecule is CCOC(=O)c1ccnc(NCCC(C)SC)c1N. The van der Waals surface area contributed by atoms with Crippen LogP contribution in [0.2, 0.25) is 0 Å². The summed E-state index contributed by atoms with van der Waals surface area (Å²) >= 11 is 1.81. The molecule has 19 heavy (non-hydrogen) atoms. The first-order valence-corrected chi connectivity index (χ1v) is 7.57. The number of nitrogens with two attached hydrogens (primary N) is 1. The van der Waals surface area contributed by atoms with Gasteiger partial charge in [0.15, 0.2) is 0 Å². The molecule has 1 rings (SSSR count). The number of pyridine rings is 1. The fourth-order valence-electron chi connectivity index (χ4n) is 1.51. The first kappa shape index (κ1) is 15.6. The number of nitrogens with zero attached hydrogens (tertiary/aromatic N) is 1. The lowest BCUT2D eigenvalue weighted by Crippen LogP contribution is -2.14. The van der Waals surface area contributed by atoms with Crippen LogP contribution in [0.1, 0.15) is 30.6 Å². The fourth-order valence-corrected chi connectivity index (χ4v) is 1.87. The highest BCUT2D eigenvalue weighted by Gasteiger charge is 2.14. The zero-order valence-electron chi connectivity index (χ0n) is 11.6. The van der Waals surface area contributed by atoms with Crippen molar-refractivity contribution in [2.45, 2.75) is 25.5 Å². The molecule has 5 nitrogen and oxygen atoms in total. The van der Waals surface area contributed by atoms with Gasteiger partial charge in [0.1, 0.15) is 5.82 Å². The summed E-state index contributed by atoms with van der Waals surface area (Å²) in [6.07, 6.45) is 4.65. The number of esters is 1. The number of nitrogens with one attached hydrogen (secondary N) is 1. The van der Waals surface area contributed by atoms with Crippen LogP contribution in [0.25, 0.3) is 0 Å². The lowest BCUT2D eigenvalue weighted by molar-refractivity contribution is 0.0527. The van der Waals surface area contributed by atoms with Gasteiger partial charge in [0.25, 0.3) is 0 Å². The molecular formula is C13H21N3O2S. The van der Waals surface area contributed by atoms with Gasteiger partial charge in [-0.1, -0.05) is 6.92 Å². The molecule has 0 saturated heterocycles. The number of carbonyl (C=O) groups is 1. The van der Waals surface area contributed by atoms with Crippen molar-refractivity contribution in [3.63, 3.8) is 0 Å². The maximum atomic E-state index is 11.7. The van der Waals surface area contributed by atoms with Gasteiger partial charge in [-0.05, 0) is 25.7 Å². The normalized spacial score (nSPS) is 11.9. The van der Waals surface area contributed by atoms with Crippen molar-refractivity contribution in [2.75, 3.05) is 30.5 Å². The summed E-state index contributed by atoms with van der Waals surface area (Å²) in [7, 11) is 0. The molecule has 1 aromatic rings. The molecule has 0 saturated carbocycles. The molecule has 1 atom stereocenters. The summed E-state index contributed by atoms with van der Waals surface area (Å²) in [6.45, 7) is 5.02. The van der Waals surface area contributed by atoms with Crippen molar-refractivity contribution in [1.82, 2.24) is 4.98 Å². The van der Waals surface area contributed by atoms with E-state index in [9.17, 15) is 4.79 Å². The first-order valence-electron chi connectivity index (χ1n) is 6.28. The van der Waals surface area contributed by atoms with Crippen molar-refractivity contribution in [3.8, 4) is 0 Å². The van der Waals surface area contributed by atoms with E-state index in [4.69, 9.17) is 10.5 Å². The second kappa shape index (κ2) is 7.89. The Hall–Kier alpha value is -1.43. The maximum Gasteiger partial charge on any atom is 0.340 e. The van der Waals surface area contributed by atoms with Gasteiger partial charge in [0.05, 0.1) is 17.9 Å². The van der Waals surface area contributed by atoms with E-state index in [1.54, 1.807) is 19.2 Å². The van der Waals surface area contributed by atoms with E-state index in [0.29, 0.717) is 28.9 Å². The molecule has 1 aromatic heterocycles. The van der Waals surface area contributed by atoms with Crippen LogP contribution in [0.4, 0.5) is 11.5 Å². The fraction of sp³-hybridized carbons (Fsp3) is 0.538. The number of ether oxygens (including phenoxy) is 1. The topological polar surface area (TPSA) is 77.2 Å². The maximum absolute atomic E-state index is 11.7. The first-order chi connectivity index (χ1) is 9.10. The van der Waals surface area contributed by atoms with Gasteiger partial charge in [-0.2, -0.15) is 11.8 Å². The second-order valence-electron chi connectivity index (χ2n) is 4.10. The lowest BCUT2D eigenvalue weighted by Gasteiger charge is -2.13.